The van der Waals surface area contributed by atoms with E-state index >= 15 is 0 Å². The van der Waals surface area contributed by atoms with Gasteiger partial charge in [-0.2, -0.15) is 0 Å². The quantitative estimate of drug-likeness (QED) is 0.247. The zero-order chi connectivity index (χ0) is 20.6. The predicted octanol–water partition coefficient (Wildman–Crippen LogP) is 5.01. The number of guanidine groups is 1. The van der Waals surface area contributed by atoms with Gasteiger partial charge in [-0.05, 0) is 57.9 Å². The van der Waals surface area contributed by atoms with Crippen molar-refractivity contribution in [3.63, 3.8) is 0 Å². The van der Waals surface area contributed by atoms with Gasteiger partial charge in [0.15, 0.2) is 17.3 Å². The Bertz CT molecular complexity index is 953. The first-order valence-electron chi connectivity index (χ1n) is 10.2. The molecule has 6 nitrogen and oxygen atoms in total. The number of nitrogens with one attached hydrogen (secondary N) is 2. The van der Waals surface area contributed by atoms with Gasteiger partial charge in [0.2, 0.25) is 0 Å². The Morgan fingerprint density at radius 2 is 2.07 bits per heavy atom. The SMILES string of the molecule is CCNC(=NCCc1ccc(C)nc1)NC(C)c1cc2cccc(OCC)c2o1.I. The molecule has 3 aromatic rings. The summed E-state index contributed by atoms with van der Waals surface area (Å²) in [6.07, 6.45) is 2.76. The summed E-state index contributed by atoms with van der Waals surface area (Å²) < 4.78 is 11.8. The molecule has 3 rings (SSSR count). The number of pyridine rings is 1. The van der Waals surface area contributed by atoms with Gasteiger partial charge in [0.05, 0.1) is 12.6 Å². The van der Waals surface area contributed by atoms with Crippen molar-refractivity contribution < 1.29 is 9.15 Å². The van der Waals surface area contributed by atoms with E-state index in [4.69, 9.17) is 14.1 Å². The van der Waals surface area contributed by atoms with E-state index in [9.17, 15) is 0 Å². The molecule has 0 saturated carbocycles. The van der Waals surface area contributed by atoms with Gasteiger partial charge < -0.3 is 19.8 Å². The zero-order valence-corrected chi connectivity index (χ0v) is 20.4. The summed E-state index contributed by atoms with van der Waals surface area (Å²) in [5, 5.41) is 7.77. The highest BCUT2D eigenvalue weighted by Crippen LogP contribution is 2.31. The van der Waals surface area contributed by atoms with Crippen LogP contribution in [-0.4, -0.2) is 30.6 Å². The number of nitrogens with zero attached hydrogens (tertiary/aromatic N) is 2. The lowest BCUT2D eigenvalue weighted by atomic mass is 10.2. The van der Waals surface area contributed by atoms with E-state index in [2.05, 4.69) is 41.6 Å². The fraction of sp³-hybridized carbons (Fsp3) is 0.391. The molecule has 2 aromatic heterocycles. The third-order valence-corrected chi connectivity index (χ3v) is 4.59. The molecular formula is C23H31IN4O2. The summed E-state index contributed by atoms with van der Waals surface area (Å²) in [5.41, 5.74) is 3.00. The van der Waals surface area contributed by atoms with Crippen LogP contribution in [-0.2, 0) is 6.42 Å². The summed E-state index contributed by atoms with van der Waals surface area (Å²) in [5.74, 6) is 2.39. The van der Waals surface area contributed by atoms with E-state index < -0.39 is 0 Å². The van der Waals surface area contributed by atoms with Gasteiger partial charge in [-0.3, -0.25) is 9.98 Å². The average molecular weight is 522 g/mol. The van der Waals surface area contributed by atoms with Crippen molar-refractivity contribution in [3.8, 4) is 5.75 Å². The summed E-state index contributed by atoms with van der Waals surface area (Å²) in [4.78, 5) is 9.04. The van der Waals surface area contributed by atoms with E-state index in [0.717, 1.165) is 47.1 Å². The number of rotatable bonds is 8. The lowest BCUT2D eigenvalue weighted by Crippen LogP contribution is -2.38. The topological polar surface area (TPSA) is 71.7 Å². The molecule has 0 saturated heterocycles. The van der Waals surface area contributed by atoms with Crippen LogP contribution >= 0.6 is 24.0 Å². The van der Waals surface area contributed by atoms with Gasteiger partial charge >= 0.3 is 0 Å². The predicted molar refractivity (Wildman–Crippen MR) is 133 cm³/mol. The van der Waals surface area contributed by atoms with Crippen molar-refractivity contribution in [1.29, 1.82) is 0 Å². The molecule has 2 N–H and O–H groups in total. The van der Waals surface area contributed by atoms with Crippen molar-refractivity contribution >= 4 is 40.9 Å². The van der Waals surface area contributed by atoms with Crippen LogP contribution in [0.3, 0.4) is 0 Å². The highest BCUT2D eigenvalue weighted by Gasteiger charge is 2.15. The Morgan fingerprint density at radius 3 is 2.77 bits per heavy atom. The number of aliphatic imine (C=N–C) groups is 1. The van der Waals surface area contributed by atoms with Crippen LogP contribution in [0, 0.1) is 6.92 Å². The molecule has 0 aliphatic rings. The molecule has 1 unspecified atom stereocenters. The lowest BCUT2D eigenvalue weighted by molar-refractivity contribution is 0.336. The van der Waals surface area contributed by atoms with Crippen LogP contribution in [0.25, 0.3) is 11.0 Å². The molecule has 30 heavy (non-hydrogen) atoms. The Morgan fingerprint density at radius 1 is 1.23 bits per heavy atom. The molecule has 162 valence electrons. The second-order valence-corrected chi connectivity index (χ2v) is 6.94. The third-order valence-electron chi connectivity index (χ3n) is 4.59. The van der Waals surface area contributed by atoms with Crippen LogP contribution in [0.1, 0.15) is 43.8 Å². The van der Waals surface area contributed by atoms with E-state index in [0.29, 0.717) is 13.2 Å². The highest BCUT2D eigenvalue weighted by molar-refractivity contribution is 14.0. The highest BCUT2D eigenvalue weighted by atomic mass is 127. The van der Waals surface area contributed by atoms with E-state index in [1.165, 1.54) is 5.56 Å². The molecule has 1 atom stereocenters. The molecule has 0 fully saturated rings. The summed E-state index contributed by atoms with van der Waals surface area (Å²) in [6, 6.07) is 12.1. The minimum absolute atomic E-state index is 0. The van der Waals surface area contributed by atoms with Crippen molar-refractivity contribution in [2.24, 2.45) is 4.99 Å². The molecule has 2 heterocycles. The summed E-state index contributed by atoms with van der Waals surface area (Å²) in [6.45, 7) is 10.2. The largest absolute Gasteiger partial charge is 0.490 e. The lowest BCUT2D eigenvalue weighted by Gasteiger charge is -2.16. The van der Waals surface area contributed by atoms with Crippen molar-refractivity contribution in [1.82, 2.24) is 15.6 Å². The Kier molecular flexibility index (Phi) is 9.42. The minimum Gasteiger partial charge on any atom is -0.490 e. The van der Waals surface area contributed by atoms with Crippen molar-refractivity contribution in [2.45, 2.75) is 40.2 Å². The third kappa shape index (κ3) is 6.35. The first kappa shape index (κ1) is 24.0. The van der Waals surface area contributed by atoms with Gasteiger partial charge in [-0.15, -0.1) is 24.0 Å². The molecule has 1 aromatic carbocycles. The number of furan rings is 1. The van der Waals surface area contributed by atoms with Crippen LogP contribution < -0.4 is 15.4 Å². The second-order valence-electron chi connectivity index (χ2n) is 6.94. The molecule has 7 heteroatoms. The second kappa shape index (κ2) is 11.8. The summed E-state index contributed by atoms with van der Waals surface area (Å²) in [7, 11) is 0. The van der Waals surface area contributed by atoms with Gasteiger partial charge in [0.25, 0.3) is 0 Å². The maximum absolute atomic E-state index is 6.10. The molecule has 0 aliphatic heterocycles. The first-order valence-corrected chi connectivity index (χ1v) is 10.2. The van der Waals surface area contributed by atoms with Crippen molar-refractivity contribution in [2.75, 3.05) is 19.7 Å². The minimum atomic E-state index is -0.0317. The van der Waals surface area contributed by atoms with Gasteiger partial charge in [-0.1, -0.05) is 18.2 Å². The number of hydrogen-bond donors (Lipinski definition) is 2. The van der Waals surface area contributed by atoms with Gasteiger partial charge in [0, 0.05) is 30.4 Å². The Labute approximate surface area is 195 Å². The standard InChI is InChI=1S/C23H30N4O2.HI/c1-5-24-23(25-13-12-18-11-10-16(3)26-15-18)27-17(4)21-14-19-8-7-9-20(28-6-2)22(19)29-21;/h7-11,14-15,17H,5-6,12-13H2,1-4H3,(H2,24,25,27);1H. The number of aromatic nitrogens is 1. The number of hydrogen-bond acceptors (Lipinski definition) is 4. The zero-order valence-electron chi connectivity index (χ0n) is 18.1. The van der Waals surface area contributed by atoms with E-state index in [-0.39, 0.29) is 30.0 Å². The number of halogens is 1. The number of benzene rings is 1. The molecule has 0 amide bonds. The average Bonchev–Trinajstić information content (AvgIpc) is 3.15. The van der Waals surface area contributed by atoms with Gasteiger partial charge in [0.1, 0.15) is 5.76 Å². The number of aryl methyl sites for hydroxylation is 1. The fourth-order valence-corrected chi connectivity index (χ4v) is 3.08. The smallest absolute Gasteiger partial charge is 0.191 e. The fourth-order valence-electron chi connectivity index (χ4n) is 3.08. The number of ether oxygens (including phenoxy) is 1. The van der Waals surface area contributed by atoms with Gasteiger partial charge in [-0.25, -0.2) is 0 Å². The van der Waals surface area contributed by atoms with Crippen LogP contribution in [0.5, 0.6) is 5.75 Å². The van der Waals surface area contributed by atoms with E-state index in [1.54, 1.807) is 0 Å². The monoisotopic (exact) mass is 522 g/mol. The normalized spacial score (nSPS) is 12.3. The first-order chi connectivity index (χ1) is 14.1. The number of fused-ring (bicyclic) bond motifs is 1. The molecule has 0 bridgehead atoms. The van der Waals surface area contributed by atoms with E-state index in [1.807, 2.05) is 44.3 Å². The molecule has 0 spiro atoms. The maximum atomic E-state index is 6.10. The molecular weight excluding hydrogens is 491 g/mol. The summed E-state index contributed by atoms with van der Waals surface area (Å²) >= 11 is 0. The number of para-hydroxylation sites is 1. The Balaban J connectivity index is 0.00000320. The Hall–Kier alpha value is -2.29. The molecule has 0 radical (unpaired) electrons. The maximum Gasteiger partial charge on any atom is 0.191 e. The molecule has 0 aliphatic carbocycles. The van der Waals surface area contributed by atoms with Crippen LogP contribution in [0.4, 0.5) is 0 Å². The van der Waals surface area contributed by atoms with Crippen molar-refractivity contribution in [3.05, 3.63) is 59.6 Å². The van der Waals surface area contributed by atoms with Crippen LogP contribution in [0.2, 0.25) is 0 Å². The van der Waals surface area contributed by atoms with Crippen LogP contribution in [0.15, 0.2) is 52.0 Å².